The number of ether oxygens (including phenoxy) is 3. The SMILES string of the molecule is CCc1cnc(N(CCCc2ccc(OCC(=O)O)cc2)Cc2cccc(OC(F)(F)F)c2)nc1.COc1ccc(CCc2cccnc2N)cc1. The van der Waals surface area contributed by atoms with Gasteiger partial charge in [-0.15, -0.1) is 13.2 Å². The van der Waals surface area contributed by atoms with E-state index < -0.39 is 18.9 Å². The van der Waals surface area contributed by atoms with Gasteiger partial charge >= 0.3 is 12.3 Å². The summed E-state index contributed by atoms with van der Waals surface area (Å²) in [5, 5.41) is 8.69. The molecule has 0 bridgehead atoms. The maximum atomic E-state index is 12.6. The fourth-order valence-corrected chi connectivity index (χ4v) is 5.11. The van der Waals surface area contributed by atoms with Gasteiger partial charge in [0.15, 0.2) is 6.61 Å². The van der Waals surface area contributed by atoms with Crippen LogP contribution in [0.5, 0.6) is 17.2 Å². The van der Waals surface area contributed by atoms with E-state index in [0.717, 1.165) is 54.5 Å². The first-order valence-corrected chi connectivity index (χ1v) is 16.7. The zero-order chi connectivity index (χ0) is 37.3. The van der Waals surface area contributed by atoms with Gasteiger partial charge in [0.2, 0.25) is 5.95 Å². The van der Waals surface area contributed by atoms with Crippen molar-refractivity contribution in [2.24, 2.45) is 0 Å². The van der Waals surface area contributed by atoms with Crippen molar-refractivity contribution in [2.45, 2.75) is 51.9 Å². The number of hydrogen-bond donors (Lipinski definition) is 2. The molecule has 0 atom stereocenters. The molecule has 0 fully saturated rings. The van der Waals surface area contributed by atoms with Crippen LogP contribution in [-0.2, 0) is 37.0 Å². The van der Waals surface area contributed by atoms with Crippen LogP contribution in [-0.4, -0.2) is 52.7 Å². The molecule has 2 aromatic heterocycles. The van der Waals surface area contributed by atoms with Crippen LogP contribution in [0.25, 0.3) is 0 Å². The average Bonchev–Trinajstić information content (AvgIpc) is 3.14. The van der Waals surface area contributed by atoms with Crippen LogP contribution < -0.4 is 24.8 Å². The lowest BCUT2D eigenvalue weighted by Crippen LogP contribution is -2.26. The molecule has 0 aliphatic heterocycles. The Morgan fingerprint density at radius 3 is 2.10 bits per heavy atom. The van der Waals surface area contributed by atoms with E-state index in [2.05, 4.69) is 31.8 Å². The van der Waals surface area contributed by atoms with Crippen LogP contribution in [0.3, 0.4) is 0 Å². The Balaban J connectivity index is 0.000000296. The maximum Gasteiger partial charge on any atom is 0.573 e. The van der Waals surface area contributed by atoms with Crippen molar-refractivity contribution >= 4 is 17.7 Å². The first-order valence-electron chi connectivity index (χ1n) is 16.7. The summed E-state index contributed by atoms with van der Waals surface area (Å²) < 4.78 is 52.2. The summed E-state index contributed by atoms with van der Waals surface area (Å²) >= 11 is 0. The zero-order valence-electron chi connectivity index (χ0n) is 29.1. The Hall–Kier alpha value is -5.85. The lowest BCUT2D eigenvalue weighted by atomic mass is 10.1. The van der Waals surface area contributed by atoms with E-state index >= 15 is 0 Å². The second-order valence-electron chi connectivity index (χ2n) is 11.7. The fourth-order valence-electron chi connectivity index (χ4n) is 5.11. The number of carbonyl (C=O) groups is 1. The number of methoxy groups -OCH3 is 1. The summed E-state index contributed by atoms with van der Waals surface area (Å²) in [5.41, 5.74) is 10.8. The number of rotatable bonds is 16. The Morgan fingerprint density at radius 1 is 0.808 bits per heavy atom. The average molecular weight is 718 g/mol. The summed E-state index contributed by atoms with van der Waals surface area (Å²) in [7, 11) is 1.67. The van der Waals surface area contributed by atoms with Crippen molar-refractivity contribution in [1.82, 2.24) is 15.0 Å². The highest BCUT2D eigenvalue weighted by atomic mass is 19.4. The van der Waals surface area contributed by atoms with Crippen molar-refractivity contribution in [3.63, 3.8) is 0 Å². The third-order valence-electron chi connectivity index (χ3n) is 7.84. The number of anilines is 2. The second kappa shape index (κ2) is 19.5. The number of carboxylic acids is 1. The molecule has 5 aromatic rings. The number of nitrogen functional groups attached to an aromatic ring is 1. The van der Waals surface area contributed by atoms with Crippen molar-refractivity contribution in [1.29, 1.82) is 0 Å². The molecule has 0 aliphatic carbocycles. The number of hydrogen-bond acceptors (Lipinski definition) is 9. The van der Waals surface area contributed by atoms with Crippen molar-refractivity contribution in [2.75, 3.05) is 30.9 Å². The Kier molecular flexibility index (Phi) is 14.6. The molecule has 52 heavy (non-hydrogen) atoms. The smallest absolute Gasteiger partial charge is 0.497 e. The van der Waals surface area contributed by atoms with Gasteiger partial charge in [-0.1, -0.05) is 49.4 Å². The van der Waals surface area contributed by atoms with Crippen molar-refractivity contribution in [3.05, 3.63) is 131 Å². The molecular weight excluding hydrogens is 675 g/mol. The summed E-state index contributed by atoms with van der Waals surface area (Å²) in [5.74, 6) is 1.15. The van der Waals surface area contributed by atoms with Gasteiger partial charge < -0.3 is 30.0 Å². The lowest BCUT2D eigenvalue weighted by molar-refractivity contribution is -0.274. The highest BCUT2D eigenvalue weighted by Crippen LogP contribution is 2.25. The van der Waals surface area contributed by atoms with Gasteiger partial charge in [-0.05, 0) is 102 Å². The van der Waals surface area contributed by atoms with Gasteiger partial charge in [0, 0.05) is 31.7 Å². The number of carboxylic acid groups (broad SMARTS) is 1. The number of aromatic nitrogens is 3. The molecule has 3 N–H and O–H groups in total. The lowest BCUT2D eigenvalue weighted by Gasteiger charge is -2.23. The highest BCUT2D eigenvalue weighted by molar-refractivity contribution is 5.68. The predicted octanol–water partition coefficient (Wildman–Crippen LogP) is 7.50. The standard InChI is InChI=1S/C25H26F3N3O4.C14H16N2O/c1-2-18-14-29-24(30-15-18)31(16-20-5-3-7-22(13-20)35-25(26,27)28)12-4-6-19-8-10-21(11-9-19)34-17-23(32)33;1-17-13-8-5-11(6-9-13)4-7-12-3-2-10-16-14(12)15/h3,5,7-11,13-15H,2,4,6,12,16-17H2,1H3,(H,32,33);2-3,5-6,8-10H,4,7H2,1H3,(H2,15,16). The van der Waals surface area contributed by atoms with Crippen molar-refractivity contribution in [3.8, 4) is 17.2 Å². The summed E-state index contributed by atoms with van der Waals surface area (Å²) in [6, 6.07) is 25.1. The molecule has 13 heteroatoms. The number of halogens is 3. The van der Waals surface area contributed by atoms with Gasteiger partial charge in [0.1, 0.15) is 23.1 Å². The Labute approximate surface area is 301 Å². The normalized spacial score (nSPS) is 10.9. The number of alkyl halides is 3. The summed E-state index contributed by atoms with van der Waals surface area (Å²) in [4.78, 5) is 25.5. The van der Waals surface area contributed by atoms with Crippen LogP contribution >= 0.6 is 0 Å². The van der Waals surface area contributed by atoms with Gasteiger partial charge in [-0.2, -0.15) is 0 Å². The molecule has 0 amide bonds. The van der Waals surface area contributed by atoms with E-state index in [9.17, 15) is 18.0 Å². The molecule has 0 aliphatic rings. The molecule has 3 aromatic carbocycles. The van der Waals surface area contributed by atoms with Crippen molar-refractivity contribution < 1.29 is 37.3 Å². The van der Waals surface area contributed by atoms with E-state index in [1.165, 1.54) is 23.8 Å². The fraction of sp³-hybridized carbons (Fsp3) is 0.282. The third kappa shape index (κ3) is 13.5. The minimum absolute atomic E-state index is 0.276. The second-order valence-corrected chi connectivity index (χ2v) is 11.7. The number of benzene rings is 3. The van der Waals surface area contributed by atoms with Gasteiger partial charge in [-0.3, -0.25) is 0 Å². The van der Waals surface area contributed by atoms with Crippen LogP contribution in [0.1, 0.15) is 41.2 Å². The van der Waals surface area contributed by atoms with E-state index in [-0.39, 0.29) is 5.75 Å². The number of aliphatic carboxylic acids is 1. The minimum atomic E-state index is -4.76. The highest BCUT2D eigenvalue weighted by Gasteiger charge is 2.31. The number of pyridine rings is 1. The van der Waals surface area contributed by atoms with E-state index in [1.807, 2.05) is 48.2 Å². The molecule has 0 radical (unpaired) electrons. The van der Waals surface area contributed by atoms with Gasteiger partial charge in [0.25, 0.3) is 0 Å². The van der Waals surface area contributed by atoms with E-state index in [0.29, 0.717) is 36.2 Å². The summed E-state index contributed by atoms with van der Waals surface area (Å²) in [6.07, 6.45) is 4.56. The van der Waals surface area contributed by atoms with Gasteiger partial charge in [-0.25, -0.2) is 19.7 Å². The van der Waals surface area contributed by atoms with Crippen LogP contribution in [0.4, 0.5) is 24.9 Å². The molecule has 0 unspecified atom stereocenters. The van der Waals surface area contributed by atoms with Crippen LogP contribution in [0, 0.1) is 0 Å². The van der Waals surface area contributed by atoms with E-state index in [4.69, 9.17) is 20.3 Å². The third-order valence-corrected chi connectivity index (χ3v) is 7.84. The first-order chi connectivity index (χ1) is 25.0. The zero-order valence-corrected chi connectivity index (χ0v) is 29.1. The topological polar surface area (TPSA) is 133 Å². The summed E-state index contributed by atoms with van der Waals surface area (Å²) in [6.45, 7) is 2.47. The molecule has 274 valence electrons. The first kappa shape index (κ1) is 38.9. The van der Waals surface area contributed by atoms with Crippen LogP contribution in [0.15, 0.2) is 104 Å². The Morgan fingerprint density at radius 2 is 1.48 bits per heavy atom. The monoisotopic (exact) mass is 717 g/mol. The number of nitrogens with two attached hydrogens (primary N) is 1. The molecule has 10 nitrogen and oxygen atoms in total. The molecule has 2 heterocycles. The number of nitrogens with zero attached hydrogens (tertiary/aromatic N) is 4. The molecule has 0 spiro atoms. The maximum absolute atomic E-state index is 12.6. The largest absolute Gasteiger partial charge is 0.573 e. The van der Waals surface area contributed by atoms with Gasteiger partial charge in [0.05, 0.1) is 7.11 Å². The van der Waals surface area contributed by atoms with Crippen LogP contribution in [0.2, 0.25) is 0 Å². The predicted molar refractivity (Wildman–Crippen MR) is 193 cm³/mol. The number of aryl methyl sites for hydroxylation is 4. The molecule has 0 saturated heterocycles. The Bertz CT molecular complexity index is 1820. The quantitative estimate of drug-likeness (QED) is 0.106. The molecule has 5 rings (SSSR count). The minimum Gasteiger partial charge on any atom is -0.497 e. The van der Waals surface area contributed by atoms with E-state index in [1.54, 1.807) is 43.9 Å². The molecular formula is C39H42F3N5O5. The molecule has 0 saturated carbocycles.